The van der Waals surface area contributed by atoms with Crippen molar-refractivity contribution >= 4 is 34.1 Å². The van der Waals surface area contributed by atoms with E-state index in [2.05, 4.69) is 15.8 Å². The molecule has 1 aromatic carbocycles. The number of aliphatic hydroxyl groups is 1. The molecule has 2 rings (SSSR count). The molecular formula is C18H24ClN3O3. The molecule has 0 bridgehead atoms. The van der Waals surface area contributed by atoms with E-state index < -0.39 is 11.7 Å². The molecule has 6 nitrogen and oxygen atoms in total. The number of carbonyl (C=O) groups is 1. The van der Waals surface area contributed by atoms with E-state index in [9.17, 15) is 9.90 Å². The van der Waals surface area contributed by atoms with E-state index in [1.807, 2.05) is 31.2 Å². The molecule has 0 radical (unpaired) electrons. The van der Waals surface area contributed by atoms with Crippen molar-refractivity contribution in [2.45, 2.75) is 45.8 Å². The lowest BCUT2D eigenvalue weighted by Crippen LogP contribution is -2.33. The fourth-order valence-electron chi connectivity index (χ4n) is 2.39. The van der Waals surface area contributed by atoms with Crippen LogP contribution in [0.4, 0.5) is 5.69 Å². The number of hydroxylamine groups is 1. The van der Waals surface area contributed by atoms with Crippen LogP contribution in [0.15, 0.2) is 24.3 Å². The first kappa shape index (κ1) is 19.4. The molecule has 0 aliphatic heterocycles. The molecule has 7 heteroatoms. The van der Waals surface area contributed by atoms with Crippen molar-refractivity contribution in [1.29, 1.82) is 0 Å². The Labute approximate surface area is 152 Å². The van der Waals surface area contributed by atoms with Gasteiger partial charge in [-0.3, -0.25) is 9.63 Å². The number of fused-ring (bicyclic) bond motifs is 1. The van der Waals surface area contributed by atoms with Gasteiger partial charge < -0.3 is 10.4 Å². The Morgan fingerprint density at radius 2 is 2.12 bits per heavy atom. The molecule has 3 N–H and O–H groups in total. The third kappa shape index (κ3) is 4.81. The minimum absolute atomic E-state index is 0.287. The molecule has 25 heavy (non-hydrogen) atoms. The standard InChI is InChI=1S/C18H24ClN3O3/c1-5-18(4,24)10-20-16-13-8-6-7-9-14(13)21-17(19)15(16)11(2)25-22-12(3)23/h6-9,11,24H,5,10H2,1-4H3,(H,20,21)(H,22,23). The number of carbonyl (C=O) groups excluding carboxylic acids is 1. The van der Waals surface area contributed by atoms with Crippen LogP contribution in [-0.2, 0) is 9.63 Å². The second kappa shape index (κ2) is 7.99. The quantitative estimate of drug-likeness (QED) is 0.516. The number of pyridine rings is 1. The summed E-state index contributed by atoms with van der Waals surface area (Å²) < 4.78 is 0. The molecule has 136 valence electrons. The molecule has 0 spiro atoms. The number of hydrogen-bond donors (Lipinski definition) is 3. The minimum Gasteiger partial charge on any atom is -0.388 e. The Hall–Kier alpha value is -1.89. The largest absolute Gasteiger partial charge is 0.388 e. The van der Waals surface area contributed by atoms with Crippen LogP contribution >= 0.6 is 11.6 Å². The summed E-state index contributed by atoms with van der Waals surface area (Å²) in [6.07, 6.45) is 0.0758. The van der Waals surface area contributed by atoms with Crippen molar-refractivity contribution in [3.8, 4) is 0 Å². The number of hydrogen-bond acceptors (Lipinski definition) is 5. The summed E-state index contributed by atoms with van der Waals surface area (Å²) in [5.41, 5.74) is 3.56. The van der Waals surface area contributed by atoms with E-state index in [0.29, 0.717) is 18.5 Å². The number of para-hydroxylation sites is 1. The Morgan fingerprint density at radius 3 is 2.76 bits per heavy atom. The lowest BCUT2D eigenvalue weighted by molar-refractivity contribution is -0.135. The van der Waals surface area contributed by atoms with Crippen molar-refractivity contribution in [2.75, 3.05) is 11.9 Å². The summed E-state index contributed by atoms with van der Waals surface area (Å²) in [6, 6.07) is 7.59. The van der Waals surface area contributed by atoms with Gasteiger partial charge in [0.1, 0.15) is 11.3 Å². The van der Waals surface area contributed by atoms with Gasteiger partial charge in [-0.25, -0.2) is 10.5 Å². The maximum Gasteiger partial charge on any atom is 0.240 e. The lowest BCUT2D eigenvalue weighted by atomic mass is 10.0. The Bertz CT molecular complexity index is 765. The van der Waals surface area contributed by atoms with Crippen molar-refractivity contribution in [3.05, 3.63) is 35.0 Å². The van der Waals surface area contributed by atoms with Gasteiger partial charge >= 0.3 is 0 Å². The first-order chi connectivity index (χ1) is 11.7. The van der Waals surface area contributed by atoms with E-state index >= 15 is 0 Å². The van der Waals surface area contributed by atoms with Crippen molar-refractivity contribution < 1.29 is 14.7 Å². The molecule has 2 aromatic rings. The number of amides is 1. The number of nitrogens with zero attached hydrogens (tertiary/aromatic N) is 1. The zero-order chi connectivity index (χ0) is 18.6. The summed E-state index contributed by atoms with van der Waals surface area (Å²) in [5, 5.41) is 14.8. The summed E-state index contributed by atoms with van der Waals surface area (Å²) in [6.45, 7) is 7.17. The minimum atomic E-state index is -0.865. The number of benzene rings is 1. The Kier molecular flexibility index (Phi) is 6.21. The first-order valence-electron chi connectivity index (χ1n) is 8.21. The Morgan fingerprint density at radius 1 is 1.44 bits per heavy atom. The fourth-order valence-corrected chi connectivity index (χ4v) is 2.73. The van der Waals surface area contributed by atoms with Crippen LogP contribution in [0.2, 0.25) is 5.15 Å². The van der Waals surface area contributed by atoms with Gasteiger partial charge in [-0.15, -0.1) is 0 Å². The highest BCUT2D eigenvalue weighted by atomic mass is 35.5. The van der Waals surface area contributed by atoms with Crippen LogP contribution in [0.25, 0.3) is 10.9 Å². The van der Waals surface area contributed by atoms with E-state index in [4.69, 9.17) is 16.4 Å². The van der Waals surface area contributed by atoms with Crippen LogP contribution < -0.4 is 10.8 Å². The first-order valence-corrected chi connectivity index (χ1v) is 8.59. The van der Waals surface area contributed by atoms with Gasteiger partial charge in [-0.1, -0.05) is 36.7 Å². The topological polar surface area (TPSA) is 83.5 Å². The predicted molar refractivity (Wildman–Crippen MR) is 99.5 cm³/mol. The van der Waals surface area contributed by atoms with Crippen LogP contribution in [0.5, 0.6) is 0 Å². The van der Waals surface area contributed by atoms with Gasteiger partial charge in [-0.05, 0) is 26.3 Å². The third-order valence-electron chi connectivity index (χ3n) is 4.08. The smallest absolute Gasteiger partial charge is 0.240 e. The third-order valence-corrected chi connectivity index (χ3v) is 4.37. The van der Waals surface area contributed by atoms with Crippen LogP contribution in [-0.4, -0.2) is 28.1 Å². The molecule has 0 aliphatic rings. The van der Waals surface area contributed by atoms with Crippen molar-refractivity contribution in [1.82, 2.24) is 10.5 Å². The number of anilines is 1. The molecule has 2 unspecified atom stereocenters. The second-order valence-electron chi connectivity index (χ2n) is 6.33. The average Bonchev–Trinajstić information content (AvgIpc) is 2.57. The normalized spacial score (nSPS) is 14.8. The summed E-state index contributed by atoms with van der Waals surface area (Å²) in [4.78, 5) is 20.9. The highest BCUT2D eigenvalue weighted by Crippen LogP contribution is 2.36. The molecule has 0 fully saturated rings. The highest BCUT2D eigenvalue weighted by molar-refractivity contribution is 6.31. The van der Waals surface area contributed by atoms with Gasteiger partial charge in [0, 0.05) is 24.4 Å². The predicted octanol–water partition coefficient (Wildman–Crippen LogP) is 3.59. The molecule has 0 saturated heterocycles. The SMILES string of the molecule is CCC(C)(O)CNc1c(C(C)ONC(C)=O)c(Cl)nc2ccccc12. The summed E-state index contributed by atoms with van der Waals surface area (Å²) >= 11 is 6.40. The van der Waals surface area contributed by atoms with Gasteiger partial charge in [0.05, 0.1) is 16.8 Å². The van der Waals surface area contributed by atoms with Gasteiger partial charge in [0.15, 0.2) is 0 Å². The Balaban J connectivity index is 2.48. The number of aromatic nitrogens is 1. The maximum atomic E-state index is 11.1. The van der Waals surface area contributed by atoms with Gasteiger partial charge in [0.2, 0.25) is 5.91 Å². The summed E-state index contributed by atoms with van der Waals surface area (Å²) in [5.74, 6) is -0.305. The second-order valence-corrected chi connectivity index (χ2v) is 6.69. The monoisotopic (exact) mass is 365 g/mol. The molecule has 1 aromatic heterocycles. The molecule has 2 atom stereocenters. The zero-order valence-electron chi connectivity index (χ0n) is 14.9. The van der Waals surface area contributed by atoms with E-state index in [-0.39, 0.29) is 11.1 Å². The van der Waals surface area contributed by atoms with E-state index in [0.717, 1.165) is 16.6 Å². The highest BCUT2D eigenvalue weighted by Gasteiger charge is 2.23. The van der Waals surface area contributed by atoms with E-state index in [1.165, 1.54) is 6.92 Å². The van der Waals surface area contributed by atoms with Crippen molar-refractivity contribution in [3.63, 3.8) is 0 Å². The molecule has 0 aliphatic carbocycles. The number of halogens is 1. The van der Waals surface area contributed by atoms with Gasteiger partial charge in [0.25, 0.3) is 0 Å². The fraction of sp³-hybridized carbons (Fsp3) is 0.444. The van der Waals surface area contributed by atoms with E-state index in [1.54, 1.807) is 13.8 Å². The summed E-state index contributed by atoms with van der Waals surface area (Å²) in [7, 11) is 0. The molecule has 1 heterocycles. The molecule has 0 saturated carbocycles. The lowest BCUT2D eigenvalue weighted by Gasteiger charge is -2.26. The molecule has 1 amide bonds. The van der Waals surface area contributed by atoms with Crippen LogP contribution in [0.1, 0.15) is 45.8 Å². The number of rotatable bonds is 7. The maximum absolute atomic E-state index is 11.1. The zero-order valence-corrected chi connectivity index (χ0v) is 15.6. The van der Waals surface area contributed by atoms with Gasteiger partial charge in [-0.2, -0.15) is 0 Å². The number of nitrogens with one attached hydrogen (secondary N) is 2. The average molecular weight is 366 g/mol. The van der Waals surface area contributed by atoms with Crippen LogP contribution in [0.3, 0.4) is 0 Å². The molecular weight excluding hydrogens is 342 g/mol. The van der Waals surface area contributed by atoms with Crippen molar-refractivity contribution in [2.24, 2.45) is 0 Å². The van der Waals surface area contributed by atoms with Crippen LogP contribution in [0, 0.1) is 0 Å².